The van der Waals surface area contributed by atoms with Crippen LogP contribution in [0.5, 0.6) is 5.75 Å². The molecule has 12 heteroatoms. The van der Waals surface area contributed by atoms with Gasteiger partial charge in [0.1, 0.15) is 17.0 Å². The monoisotopic (exact) mass is 461 g/mol. The molecule has 0 fully saturated rings. The van der Waals surface area contributed by atoms with Gasteiger partial charge in [-0.1, -0.05) is 6.07 Å². The van der Waals surface area contributed by atoms with Crippen molar-refractivity contribution < 1.29 is 40.3 Å². The predicted octanol–water partition coefficient (Wildman–Crippen LogP) is 5.36. The molecule has 0 aliphatic heterocycles. The number of ether oxygens (including phenoxy) is 1. The molecule has 1 aromatic heterocycles. The Morgan fingerprint density at radius 2 is 1.56 bits per heavy atom. The molecular weight excluding hydrogens is 447 g/mol. The van der Waals surface area contributed by atoms with E-state index in [0.29, 0.717) is 5.75 Å². The highest BCUT2D eigenvalue weighted by Crippen LogP contribution is 2.38. The average Bonchev–Trinajstić information content (AvgIpc) is 3.15. The summed E-state index contributed by atoms with van der Waals surface area (Å²) in [5.74, 6) is -11.0. The second-order valence-electron chi connectivity index (χ2n) is 6.80. The molecule has 0 aliphatic carbocycles. The normalized spacial score (nSPS) is 11.5. The Bertz CT molecular complexity index is 1140. The molecule has 32 heavy (non-hydrogen) atoms. The van der Waals surface area contributed by atoms with Crippen LogP contribution in [0.2, 0.25) is 0 Å². The highest BCUT2D eigenvalue weighted by atomic mass is 19.4. The van der Waals surface area contributed by atoms with Gasteiger partial charge in [0, 0.05) is 6.20 Å². The van der Waals surface area contributed by atoms with Gasteiger partial charge in [0.2, 0.25) is 0 Å². The average molecular weight is 461 g/mol. The zero-order chi connectivity index (χ0) is 23.8. The van der Waals surface area contributed by atoms with Crippen LogP contribution >= 0.6 is 0 Å². The molecule has 1 heterocycles. The number of nitrogens with one attached hydrogen (secondary N) is 1. The molecule has 0 unspecified atom stereocenters. The van der Waals surface area contributed by atoms with Crippen molar-refractivity contribution in [1.82, 2.24) is 9.78 Å². The number of nitrogens with zero attached hydrogens (tertiary/aromatic N) is 2. The van der Waals surface area contributed by atoms with E-state index < -0.39 is 52.3 Å². The number of benzene rings is 2. The van der Waals surface area contributed by atoms with Crippen molar-refractivity contribution in [1.29, 1.82) is 0 Å². The lowest BCUT2D eigenvalue weighted by atomic mass is 10.1. The van der Waals surface area contributed by atoms with Crippen LogP contribution in [0.25, 0.3) is 0 Å². The van der Waals surface area contributed by atoms with E-state index in [2.05, 4.69) is 5.10 Å². The lowest BCUT2D eigenvalue weighted by molar-refractivity contribution is -0.143. The van der Waals surface area contributed by atoms with Gasteiger partial charge in [-0.25, -0.2) is 22.2 Å². The number of anilines is 1. The Balaban J connectivity index is 1.78. The fraction of sp³-hybridized carbons (Fsp3) is 0.200. The van der Waals surface area contributed by atoms with Crippen molar-refractivity contribution in [3.63, 3.8) is 0 Å². The van der Waals surface area contributed by atoms with E-state index in [-0.39, 0.29) is 6.73 Å². The van der Waals surface area contributed by atoms with Crippen molar-refractivity contribution in [2.45, 2.75) is 26.8 Å². The summed E-state index contributed by atoms with van der Waals surface area (Å²) in [6.07, 6.45) is -4.41. The van der Waals surface area contributed by atoms with E-state index in [1.54, 1.807) is 12.1 Å². The molecule has 0 aliphatic rings. The molecule has 0 saturated carbocycles. The largest absolute Gasteiger partial charge is 0.471 e. The summed E-state index contributed by atoms with van der Waals surface area (Å²) in [7, 11) is 0. The highest BCUT2D eigenvalue weighted by molar-refractivity contribution is 6.03. The third-order valence-electron chi connectivity index (χ3n) is 4.22. The SMILES string of the molecule is Cc1cc(C)cc(OCn2ccc(C(=O)Nc3c(F)c(F)c(C(F)(F)F)c(F)c3F)n2)c1. The number of amides is 1. The van der Waals surface area contributed by atoms with Crippen LogP contribution in [0.15, 0.2) is 30.5 Å². The van der Waals surface area contributed by atoms with E-state index in [9.17, 15) is 35.5 Å². The number of hydrogen-bond acceptors (Lipinski definition) is 3. The van der Waals surface area contributed by atoms with Gasteiger partial charge in [-0.15, -0.1) is 0 Å². The van der Waals surface area contributed by atoms with Gasteiger partial charge in [-0.3, -0.25) is 4.79 Å². The molecule has 3 aromatic rings. The van der Waals surface area contributed by atoms with Crippen LogP contribution in [0.4, 0.5) is 36.4 Å². The first-order valence-corrected chi connectivity index (χ1v) is 8.87. The fourth-order valence-electron chi connectivity index (χ4n) is 2.88. The maximum Gasteiger partial charge on any atom is 0.422 e. The molecule has 1 N–H and O–H groups in total. The molecule has 1 amide bonds. The Morgan fingerprint density at radius 1 is 1.00 bits per heavy atom. The quantitative estimate of drug-likeness (QED) is 0.411. The summed E-state index contributed by atoms with van der Waals surface area (Å²) >= 11 is 0. The molecule has 0 atom stereocenters. The van der Waals surface area contributed by atoms with Gasteiger partial charge in [0.05, 0.1) is 0 Å². The summed E-state index contributed by atoms with van der Waals surface area (Å²) in [6.45, 7) is 3.57. The third kappa shape index (κ3) is 4.68. The first-order chi connectivity index (χ1) is 14.9. The van der Waals surface area contributed by atoms with E-state index >= 15 is 0 Å². The first kappa shape index (κ1) is 23.1. The zero-order valence-corrected chi connectivity index (χ0v) is 16.5. The van der Waals surface area contributed by atoms with Crippen LogP contribution in [0.1, 0.15) is 27.2 Å². The van der Waals surface area contributed by atoms with Gasteiger partial charge < -0.3 is 10.1 Å². The minimum absolute atomic E-state index is 0.150. The lowest BCUT2D eigenvalue weighted by Crippen LogP contribution is -2.21. The molecule has 5 nitrogen and oxygen atoms in total. The zero-order valence-electron chi connectivity index (χ0n) is 16.5. The number of alkyl halides is 3. The summed E-state index contributed by atoms with van der Waals surface area (Å²) in [4.78, 5) is 12.2. The van der Waals surface area contributed by atoms with Crippen molar-refractivity contribution in [2.75, 3.05) is 5.32 Å². The number of carbonyl (C=O) groups is 1. The van der Waals surface area contributed by atoms with Crippen molar-refractivity contribution in [3.05, 3.63) is 76.1 Å². The second kappa shape index (κ2) is 8.52. The number of aromatic nitrogens is 2. The maximum atomic E-state index is 13.9. The van der Waals surface area contributed by atoms with Gasteiger partial charge >= 0.3 is 6.18 Å². The van der Waals surface area contributed by atoms with Crippen LogP contribution in [0, 0.1) is 37.1 Å². The molecule has 0 spiro atoms. The lowest BCUT2D eigenvalue weighted by Gasteiger charge is -2.14. The number of aryl methyl sites for hydroxylation is 2. The molecule has 2 aromatic carbocycles. The highest BCUT2D eigenvalue weighted by Gasteiger charge is 2.42. The van der Waals surface area contributed by atoms with E-state index in [1.165, 1.54) is 11.5 Å². The van der Waals surface area contributed by atoms with E-state index in [0.717, 1.165) is 21.9 Å². The minimum Gasteiger partial charge on any atom is -0.471 e. The fourth-order valence-corrected chi connectivity index (χ4v) is 2.88. The topological polar surface area (TPSA) is 56.1 Å². The molecule has 0 bridgehead atoms. The van der Waals surface area contributed by atoms with Gasteiger partial charge in [0.15, 0.2) is 35.7 Å². The summed E-state index contributed by atoms with van der Waals surface area (Å²) < 4.78 is 99.9. The number of carbonyl (C=O) groups excluding carboxylic acids is 1. The maximum absolute atomic E-state index is 13.9. The first-order valence-electron chi connectivity index (χ1n) is 8.87. The Labute approximate surface area is 176 Å². The van der Waals surface area contributed by atoms with E-state index in [1.807, 2.05) is 19.9 Å². The Hall–Kier alpha value is -3.57. The molecule has 170 valence electrons. The van der Waals surface area contributed by atoms with Crippen molar-refractivity contribution >= 4 is 11.6 Å². The predicted molar refractivity (Wildman–Crippen MR) is 98.0 cm³/mol. The van der Waals surface area contributed by atoms with Gasteiger partial charge in [-0.2, -0.15) is 18.3 Å². The smallest absolute Gasteiger partial charge is 0.422 e. The number of hydrogen-bond donors (Lipinski definition) is 1. The summed E-state index contributed by atoms with van der Waals surface area (Å²) in [5, 5.41) is 5.30. The van der Waals surface area contributed by atoms with Gasteiger partial charge in [0.25, 0.3) is 5.91 Å². The molecule has 3 rings (SSSR count). The van der Waals surface area contributed by atoms with Crippen LogP contribution < -0.4 is 10.1 Å². The molecule has 0 saturated heterocycles. The number of rotatable bonds is 5. The Kier molecular flexibility index (Phi) is 6.15. The van der Waals surface area contributed by atoms with Gasteiger partial charge in [-0.05, 0) is 43.2 Å². The van der Waals surface area contributed by atoms with Crippen LogP contribution in [0.3, 0.4) is 0 Å². The number of halogens is 7. The van der Waals surface area contributed by atoms with Crippen molar-refractivity contribution in [2.24, 2.45) is 0 Å². The summed E-state index contributed by atoms with van der Waals surface area (Å²) in [6, 6.07) is 6.54. The molecular formula is C20H14F7N3O2. The summed E-state index contributed by atoms with van der Waals surface area (Å²) in [5.41, 5.74) is -2.99. The van der Waals surface area contributed by atoms with Crippen LogP contribution in [-0.4, -0.2) is 15.7 Å². The second-order valence-corrected chi connectivity index (χ2v) is 6.80. The minimum atomic E-state index is -5.69. The Morgan fingerprint density at radius 3 is 2.09 bits per heavy atom. The molecule has 0 radical (unpaired) electrons. The standard InChI is InChI=1S/C20H14F7N3O2/c1-9-5-10(2)7-11(6-9)32-8-30-4-3-12(29-30)19(31)28-18-16(23)14(21)13(20(25,26)27)15(22)17(18)24/h3-7H,8H2,1-2H3,(H,28,31). The third-order valence-corrected chi connectivity index (χ3v) is 4.22. The van der Waals surface area contributed by atoms with E-state index in [4.69, 9.17) is 4.74 Å². The van der Waals surface area contributed by atoms with Crippen LogP contribution in [-0.2, 0) is 12.9 Å². The van der Waals surface area contributed by atoms with Crippen molar-refractivity contribution in [3.8, 4) is 5.75 Å².